The smallest absolute Gasteiger partial charge is 0.0842 e. The highest BCUT2D eigenvalue weighted by Gasteiger charge is 1.87. The third-order valence-corrected chi connectivity index (χ3v) is 1.66. The summed E-state index contributed by atoms with van der Waals surface area (Å²) < 4.78 is 0.683. The van der Waals surface area contributed by atoms with Gasteiger partial charge in [0.25, 0.3) is 0 Å². The normalized spacial score (nSPS) is 8.86. The van der Waals surface area contributed by atoms with Gasteiger partial charge in [0.15, 0.2) is 0 Å². The van der Waals surface area contributed by atoms with Crippen LogP contribution >= 0.6 is 24.0 Å². The molecule has 0 aliphatic heterocycles. The molecule has 0 spiro atoms. The van der Waals surface area contributed by atoms with E-state index in [0.29, 0.717) is 4.20 Å². The molecule has 0 rings (SSSR count). The van der Waals surface area contributed by atoms with Crippen LogP contribution in [0.25, 0.3) is 0 Å². The topological polar surface area (TPSA) is 20.2 Å². The fraction of sp³-hybridized carbons (Fsp3) is 0.750. The molecular weight excluding hydrogens is 128 g/mol. The molecule has 0 aromatic rings. The van der Waals surface area contributed by atoms with E-state index in [4.69, 9.17) is 5.11 Å². The molecule has 0 unspecified atom stereocenters. The van der Waals surface area contributed by atoms with Crippen LogP contribution in [0.5, 0.6) is 0 Å². The Morgan fingerprint density at radius 2 is 2.43 bits per heavy atom. The van der Waals surface area contributed by atoms with Gasteiger partial charge in [-0.2, -0.15) is 0 Å². The lowest BCUT2D eigenvalue weighted by atomic mass is 10.9. The average Bonchev–Trinajstić information content (AvgIpc) is 1.68. The number of aliphatic hydroxyl groups excluding tert-OH is 1. The third kappa shape index (κ3) is 4.25. The van der Waals surface area contributed by atoms with Crippen molar-refractivity contribution in [1.82, 2.24) is 0 Å². The molecule has 0 bridgehead atoms. The van der Waals surface area contributed by atoms with Gasteiger partial charge in [0.05, 0.1) is 10.8 Å². The number of thioether (sulfide) groups is 1. The molecule has 0 aromatic heterocycles. The molecule has 0 heterocycles. The second-order valence-corrected chi connectivity index (χ2v) is 3.07. The fourth-order valence-corrected chi connectivity index (χ4v) is 0.973. The van der Waals surface area contributed by atoms with E-state index in [9.17, 15) is 0 Å². The molecule has 7 heavy (non-hydrogen) atoms. The molecule has 0 saturated carbocycles. The van der Waals surface area contributed by atoms with Gasteiger partial charge in [-0.25, -0.2) is 0 Å². The molecule has 0 aliphatic rings. The van der Waals surface area contributed by atoms with Gasteiger partial charge in [0, 0.05) is 0 Å². The van der Waals surface area contributed by atoms with Gasteiger partial charge >= 0.3 is 0 Å². The molecule has 0 aromatic carbocycles. The van der Waals surface area contributed by atoms with E-state index in [1.165, 1.54) is 11.8 Å². The first-order valence-electron chi connectivity index (χ1n) is 2.07. The molecule has 0 fully saturated rings. The van der Waals surface area contributed by atoms with Crippen molar-refractivity contribution < 1.29 is 5.11 Å². The van der Waals surface area contributed by atoms with E-state index >= 15 is 0 Å². The van der Waals surface area contributed by atoms with Crippen LogP contribution in [0.3, 0.4) is 0 Å². The van der Waals surface area contributed by atoms with E-state index < -0.39 is 0 Å². The predicted octanol–water partition coefficient (Wildman–Crippen LogP) is 1.06. The highest BCUT2D eigenvalue weighted by Crippen LogP contribution is 2.00. The molecule has 1 nitrogen and oxygen atoms in total. The Morgan fingerprint density at radius 3 is 2.57 bits per heavy atom. The summed E-state index contributed by atoms with van der Waals surface area (Å²) >= 11 is 6.18. The van der Waals surface area contributed by atoms with Crippen molar-refractivity contribution in [2.75, 3.05) is 12.4 Å². The minimum absolute atomic E-state index is 0.0356. The van der Waals surface area contributed by atoms with Crippen molar-refractivity contribution in [1.29, 1.82) is 0 Å². The maximum Gasteiger partial charge on any atom is 0.0842 e. The van der Waals surface area contributed by atoms with Gasteiger partial charge in [-0.3, -0.25) is 0 Å². The lowest BCUT2D eigenvalue weighted by Crippen LogP contribution is -1.93. The number of hydrogen-bond acceptors (Lipinski definition) is 3. The molecule has 0 aliphatic carbocycles. The van der Waals surface area contributed by atoms with Crippen LogP contribution in [0.15, 0.2) is 0 Å². The second-order valence-electron chi connectivity index (χ2n) is 0.963. The zero-order valence-electron chi connectivity index (χ0n) is 4.18. The van der Waals surface area contributed by atoms with Crippen molar-refractivity contribution in [3.05, 3.63) is 0 Å². The van der Waals surface area contributed by atoms with Crippen LogP contribution in [0.1, 0.15) is 6.92 Å². The SMILES string of the molecule is CCSC(=S)CO. The Labute approximate surface area is 53.1 Å². The first-order chi connectivity index (χ1) is 3.31. The molecule has 0 saturated heterocycles. The summed E-state index contributed by atoms with van der Waals surface area (Å²) in [5, 5.41) is 8.30. The van der Waals surface area contributed by atoms with Crippen LogP contribution in [-0.2, 0) is 0 Å². The van der Waals surface area contributed by atoms with E-state index in [0.717, 1.165) is 5.75 Å². The lowest BCUT2D eigenvalue weighted by molar-refractivity contribution is 0.362. The van der Waals surface area contributed by atoms with E-state index in [2.05, 4.69) is 12.2 Å². The lowest BCUT2D eigenvalue weighted by Gasteiger charge is -1.90. The number of rotatable bonds is 2. The minimum Gasteiger partial charge on any atom is -0.390 e. The Bertz CT molecular complexity index is 62.7. The van der Waals surface area contributed by atoms with Gasteiger partial charge < -0.3 is 5.11 Å². The van der Waals surface area contributed by atoms with Gasteiger partial charge in [-0.05, 0) is 5.75 Å². The van der Waals surface area contributed by atoms with Gasteiger partial charge in [0.2, 0.25) is 0 Å². The summed E-state index contributed by atoms with van der Waals surface area (Å²) in [7, 11) is 0. The largest absolute Gasteiger partial charge is 0.390 e. The van der Waals surface area contributed by atoms with E-state index in [1.807, 2.05) is 6.92 Å². The molecular formula is C4H8OS2. The quantitative estimate of drug-likeness (QED) is 0.573. The van der Waals surface area contributed by atoms with Gasteiger partial charge in [-0.15, -0.1) is 11.8 Å². The van der Waals surface area contributed by atoms with Crippen molar-refractivity contribution >= 4 is 28.2 Å². The Balaban J connectivity index is 3.00. The van der Waals surface area contributed by atoms with E-state index in [1.54, 1.807) is 0 Å². The van der Waals surface area contributed by atoms with E-state index in [-0.39, 0.29) is 6.61 Å². The van der Waals surface area contributed by atoms with Crippen LogP contribution in [0.4, 0.5) is 0 Å². The number of aliphatic hydroxyl groups is 1. The number of hydrogen-bond donors (Lipinski definition) is 1. The Kier molecular flexibility index (Phi) is 4.82. The first kappa shape index (κ1) is 7.40. The van der Waals surface area contributed by atoms with Crippen molar-refractivity contribution in [3.63, 3.8) is 0 Å². The fourth-order valence-electron chi connectivity index (χ4n) is 0.207. The third-order valence-electron chi connectivity index (χ3n) is 0.434. The van der Waals surface area contributed by atoms with Crippen LogP contribution < -0.4 is 0 Å². The maximum absolute atomic E-state index is 8.30. The van der Waals surface area contributed by atoms with Gasteiger partial charge in [-0.1, -0.05) is 19.1 Å². The summed E-state index contributed by atoms with van der Waals surface area (Å²) in [5.41, 5.74) is 0. The monoisotopic (exact) mass is 136 g/mol. The average molecular weight is 136 g/mol. The summed E-state index contributed by atoms with van der Waals surface area (Å²) in [5.74, 6) is 0.958. The van der Waals surface area contributed by atoms with Gasteiger partial charge in [0.1, 0.15) is 0 Å². The van der Waals surface area contributed by atoms with Crippen LogP contribution in [0.2, 0.25) is 0 Å². The Morgan fingerprint density at radius 1 is 1.86 bits per heavy atom. The zero-order chi connectivity index (χ0) is 5.70. The van der Waals surface area contributed by atoms with Crippen molar-refractivity contribution in [2.24, 2.45) is 0 Å². The maximum atomic E-state index is 8.30. The molecule has 42 valence electrons. The zero-order valence-corrected chi connectivity index (χ0v) is 5.81. The summed E-state index contributed by atoms with van der Waals surface area (Å²) in [4.78, 5) is 0. The highest BCUT2D eigenvalue weighted by molar-refractivity contribution is 8.23. The summed E-state index contributed by atoms with van der Waals surface area (Å²) in [6.07, 6.45) is 0. The second kappa shape index (κ2) is 4.56. The molecule has 0 radical (unpaired) electrons. The van der Waals surface area contributed by atoms with Crippen LogP contribution in [-0.4, -0.2) is 21.7 Å². The van der Waals surface area contributed by atoms with Crippen LogP contribution in [0, 0.1) is 0 Å². The first-order valence-corrected chi connectivity index (χ1v) is 3.47. The summed E-state index contributed by atoms with van der Waals surface area (Å²) in [6.45, 7) is 2.04. The summed E-state index contributed by atoms with van der Waals surface area (Å²) in [6, 6.07) is 0. The van der Waals surface area contributed by atoms with Crippen molar-refractivity contribution in [3.8, 4) is 0 Å². The highest BCUT2D eigenvalue weighted by atomic mass is 32.2. The molecule has 1 N–H and O–H groups in total. The Hall–Kier alpha value is 0.400. The number of thiocarbonyl (C=S) groups is 1. The molecule has 0 amide bonds. The molecule has 0 atom stereocenters. The van der Waals surface area contributed by atoms with Crippen molar-refractivity contribution in [2.45, 2.75) is 6.92 Å². The standard InChI is InChI=1S/C4H8OS2/c1-2-7-4(6)3-5/h5H,2-3H2,1H3. The molecule has 3 heteroatoms. The minimum atomic E-state index is 0.0356. The predicted molar refractivity (Wildman–Crippen MR) is 37.8 cm³/mol.